The first-order chi connectivity index (χ1) is 14.2. The van der Waals surface area contributed by atoms with E-state index in [9.17, 15) is 4.79 Å². The van der Waals surface area contributed by atoms with Gasteiger partial charge in [-0.1, -0.05) is 11.6 Å². The van der Waals surface area contributed by atoms with Crippen LogP contribution in [0.2, 0.25) is 5.02 Å². The zero-order valence-electron chi connectivity index (χ0n) is 15.9. The topological polar surface area (TPSA) is 63.7 Å². The lowest BCUT2D eigenvalue weighted by Crippen LogP contribution is -2.38. The van der Waals surface area contributed by atoms with Crippen LogP contribution in [0.3, 0.4) is 0 Å². The Kier molecular flexibility index (Phi) is 6.24. The molecule has 2 heterocycles. The molecular formula is C22H22ClN3O3. The van der Waals surface area contributed by atoms with Gasteiger partial charge in [0.2, 0.25) is 0 Å². The number of hydrogen-bond donors (Lipinski definition) is 1. The number of esters is 1. The summed E-state index contributed by atoms with van der Waals surface area (Å²) in [5.74, 6) is -0.314. The van der Waals surface area contributed by atoms with Crippen LogP contribution in [0.15, 0.2) is 54.7 Å². The largest absolute Gasteiger partial charge is 0.461 e. The van der Waals surface area contributed by atoms with Crippen LogP contribution in [0, 0.1) is 0 Å². The van der Waals surface area contributed by atoms with Gasteiger partial charge in [-0.2, -0.15) is 0 Å². The molecule has 150 valence electrons. The number of halogens is 1. The highest BCUT2D eigenvalue weighted by Crippen LogP contribution is 2.27. The quantitative estimate of drug-likeness (QED) is 0.615. The molecule has 0 spiro atoms. The molecule has 6 nitrogen and oxygen atoms in total. The Labute approximate surface area is 174 Å². The predicted molar refractivity (Wildman–Crippen MR) is 114 cm³/mol. The average Bonchev–Trinajstić information content (AvgIpc) is 2.75. The normalized spacial score (nSPS) is 14.7. The maximum absolute atomic E-state index is 12.3. The van der Waals surface area contributed by atoms with Crippen molar-refractivity contribution in [2.45, 2.75) is 0 Å². The van der Waals surface area contributed by atoms with E-state index in [4.69, 9.17) is 21.1 Å². The van der Waals surface area contributed by atoms with E-state index in [-0.39, 0.29) is 5.97 Å². The third-order valence-electron chi connectivity index (χ3n) is 4.85. The Morgan fingerprint density at radius 2 is 1.93 bits per heavy atom. The van der Waals surface area contributed by atoms with Crippen molar-refractivity contribution in [1.29, 1.82) is 0 Å². The Balaban J connectivity index is 1.36. The van der Waals surface area contributed by atoms with E-state index in [1.54, 1.807) is 18.3 Å². The molecule has 1 saturated heterocycles. The van der Waals surface area contributed by atoms with E-state index in [0.29, 0.717) is 17.2 Å². The van der Waals surface area contributed by atoms with Crippen molar-refractivity contribution in [3.63, 3.8) is 0 Å². The molecule has 0 aliphatic carbocycles. The minimum atomic E-state index is -0.314. The number of nitrogens with one attached hydrogen (secondary N) is 1. The number of pyridine rings is 1. The number of rotatable bonds is 6. The molecule has 1 aromatic heterocycles. The van der Waals surface area contributed by atoms with Crippen LogP contribution in [0.5, 0.6) is 0 Å². The Morgan fingerprint density at radius 3 is 2.72 bits per heavy atom. The van der Waals surface area contributed by atoms with Crippen molar-refractivity contribution in [3.8, 4) is 0 Å². The van der Waals surface area contributed by atoms with E-state index in [2.05, 4.69) is 15.2 Å². The minimum absolute atomic E-state index is 0.314. The summed E-state index contributed by atoms with van der Waals surface area (Å²) in [4.78, 5) is 18.8. The molecule has 4 rings (SSSR count). The second-order valence-corrected chi connectivity index (χ2v) is 7.25. The van der Waals surface area contributed by atoms with Crippen LogP contribution in [0.4, 0.5) is 11.4 Å². The summed E-state index contributed by atoms with van der Waals surface area (Å²) in [5.41, 5.74) is 3.15. The van der Waals surface area contributed by atoms with Crippen LogP contribution in [0.1, 0.15) is 10.4 Å². The van der Waals surface area contributed by atoms with Gasteiger partial charge in [-0.3, -0.25) is 9.88 Å². The molecule has 29 heavy (non-hydrogen) atoms. The highest BCUT2D eigenvalue weighted by atomic mass is 35.5. The Hall–Kier alpha value is -2.67. The van der Waals surface area contributed by atoms with E-state index in [0.717, 1.165) is 55.1 Å². The van der Waals surface area contributed by atoms with Gasteiger partial charge in [-0.05, 0) is 48.5 Å². The number of morpholine rings is 1. The summed E-state index contributed by atoms with van der Waals surface area (Å²) >= 11 is 6.12. The molecule has 1 aliphatic rings. The number of hydrogen-bond acceptors (Lipinski definition) is 6. The van der Waals surface area contributed by atoms with Crippen molar-refractivity contribution in [2.75, 3.05) is 44.8 Å². The number of nitrogens with zero attached hydrogens (tertiary/aromatic N) is 2. The number of carbonyl (C=O) groups is 1. The van der Waals surface area contributed by atoms with Crippen LogP contribution < -0.4 is 5.32 Å². The van der Waals surface area contributed by atoms with Crippen LogP contribution >= 0.6 is 11.6 Å². The number of aromatic nitrogens is 1. The van der Waals surface area contributed by atoms with E-state index in [1.165, 1.54) is 0 Å². The average molecular weight is 412 g/mol. The maximum Gasteiger partial charge on any atom is 0.338 e. The third kappa shape index (κ3) is 5.03. The van der Waals surface area contributed by atoms with E-state index in [1.807, 2.05) is 36.4 Å². The van der Waals surface area contributed by atoms with Crippen molar-refractivity contribution < 1.29 is 14.3 Å². The van der Waals surface area contributed by atoms with Gasteiger partial charge in [0, 0.05) is 47.6 Å². The summed E-state index contributed by atoms with van der Waals surface area (Å²) in [5, 5.41) is 4.95. The summed E-state index contributed by atoms with van der Waals surface area (Å²) in [7, 11) is 0. The predicted octanol–water partition coefficient (Wildman–Crippen LogP) is 4.12. The fraction of sp³-hybridized carbons (Fsp3) is 0.273. The molecule has 1 N–H and O–H groups in total. The van der Waals surface area contributed by atoms with Crippen molar-refractivity contribution >= 4 is 39.8 Å². The standard InChI is InChI=1S/C22H22ClN3O3/c23-17-3-6-20-19(15-17)21(7-8-24-20)25-18-4-1-16(2-5-18)22(27)29-14-11-26-9-12-28-13-10-26/h1-8,15H,9-14H2,(H,24,25). The van der Waals surface area contributed by atoms with E-state index < -0.39 is 0 Å². The molecule has 0 atom stereocenters. The lowest BCUT2D eigenvalue weighted by atomic mass is 10.1. The van der Waals surface area contributed by atoms with Gasteiger partial charge >= 0.3 is 5.97 Å². The van der Waals surface area contributed by atoms with Crippen LogP contribution in [-0.2, 0) is 9.47 Å². The van der Waals surface area contributed by atoms with Gasteiger partial charge in [0.1, 0.15) is 6.61 Å². The monoisotopic (exact) mass is 411 g/mol. The lowest BCUT2D eigenvalue weighted by Gasteiger charge is -2.26. The first-order valence-corrected chi connectivity index (χ1v) is 9.95. The first kappa shape index (κ1) is 19.6. The molecule has 3 aromatic rings. The lowest BCUT2D eigenvalue weighted by molar-refractivity contribution is 0.0195. The van der Waals surface area contributed by atoms with Gasteiger partial charge in [0.15, 0.2) is 0 Å². The van der Waals surface area contributed by atoms with Crippen molar-refractivity contribution in [2.24, 2.45) is 0 Å². The second kappa shape index (κ2) is 9.22. The number of anilines is 2. The second-order valence-electron chi connectivity index (χ2n) is 6.81. The third-order valence-corrected chi connectivity index (χ3v) is 5.08. The number of fused-ring (bicyclic) bond motifs is 1. The summed E-state index contributed by atoms with van der Waals surface area (Å²) in [6.45, 7) is 4.34. The molecule has 0 bridgehead atoms. The Morgan fingerprint density at radius 1 is 1.14 bits per heavy atom. The smallest absolute Gasteiger partial charge is 0.338 e. The van der Waals surface area contributed by atoms with Gasteiger partial charge < -0.3 is 14.8 Å². The molecule has 1 fully saturated rings. The van der Waals surface area contributed by atoms with Crippen molar-refractivity contribution in [3.05, 3.63) is 65.3 Å². The first-order valence-electron chi connectivity index (χ1n) is 9.58. The fourth-order valence-electron chi connectivity index (χ4n) is 3.25. The zero-order chi connectivity index (χ0) is 20.1. The summed E-state index contributed by atoms with van der Waals surface area (Å²) in [6.07, 6.45) is 1.75. The molecule has 7 heteroatoms. The van der Waals surface area contributed by atoms with Crippen LogP contribution in [-0.4, -0.2) is 55.3 Å². The molecule has 2 aromatic carbocycles. The molecule has 0 amide bonds. The highest BCUT2D eigenvalue weighted by Gasteiger charge is 2.12. The fourth-order valence-corrected chi connectivity index (χ4v) is 3.42. The molecular weight excluding hydrogens is 390 g/mol. The SMILES string of the molecule is O=C(OCCN1CCOCC1)c1ccc(Nc2ccnc3ccc(Cl)cc23)cc1. The highest BCUT2D eigenvalue weighted by molar-refractivity contribution is 6.31. The zero-order valence-corrected chi connectivity index (χ0v) is 16.7. The summed E-state index contributed by atoms with van der Waals surface area (Å²) in [6, 6.07) is 14.7. The van der Waals surface area contributed by atoms with Gasteiger partial charge in [0.25, 0.3) is 0 Å². The molecule has 0 unspecified atom stereocenters. The minimum Gasteiger partial charge on any atom is -0.461 e. The van der Waals surface area contributed by atoms with Crippen molar-refractivity contribution in [1.82, 2.24) is 9.88 Å². The summed E-state index contributed by atoms with van der Waals surface area (Å²) < 4.78 is 10.7. The van der Waals surface area contributed by atoms with Crippen LogP contribution in [0.25, 0.3) is 10.9 Å². The van der Waals surface area contributed by atoms with Gasteiger partial charge in [0.05, 0.1) is 24.3 Å². The molecule has 0 saturated carbocycles. The Bertz CT molecular complexity index is 988. The van der Waals surface area contributed by atoms with Gasteiger partial charge in [-0.25, -0.2) is 4.79 Å². The number of carbonyl (C=O) groups excluding carboxylic acids is 1. The molecule has 1 aliphatic heterocycles. The number of benzene rings is 2. The number of ether oxygens (including phenoxy) is 2. The van der Waals surface area contributed by atoms with E-state index >= 15 is 0 Å². The molecule has 0 radical (unpaired) electrons. The van der Waals surface area contributed by atoms with Gasteiger partial charge in [-0.15, -0.1) is 0 Å². The maximum atomic E-state index is 12.3.